The summed E-state index contributed by atoms with van der Waals surface area (Å²) in [6.07, 6.45) is -4.16. The number of benzene rings is 1. The van der Waals surface area contributed by atoms with Gasteiger partial charge in [0.05, 0.1) is 5.56 Å². The normalized spacial score (nSPS) is 14.0. The van der Waals surface area contributed by atoms with Gasteiger partial charge in [0.1, 0.15) is 5.82 Å². The third kappa shape index (κ3) is 2.68. The molecule has 0 unspecified atom stereocenters. The van der Waals surface area contributed by atoms with Crippen LogP contribution in [0.3, 0.4) is 0 Å². The third-order valence-electron chi connectivity index (χ3n) is 2.16. The lowest BCUT2D eigenvalue weighted by atomic mass is 9.98. The van der Waals surface area contributed by atoms with E-state index in [0.717, 1.165) is 18.2 Å². The molecular weight excluding hydrogens is 210 g/mol. The summed E-state index contributed by atoms with van der Waals surface area (Å²) < 4.78 is 50.3. The molecule has 0 amide bonds. The molecule has 0 saturated heterocycles. The number of nitrogens with two attached hydrogens (primary N) is 1. The van der Waals surface area contributed by atoms with E-state index in [2.05, 4.69) is 0 Å². The molecule has 0 saturated carbocycles. The SMILES string of the molecule is CC[C@H](N)c1cc(F)ccc1C(F)(F)F. The molecule has 0 aromatic heterocycles. The summed E-state index contributed by atoms with van der Waals surface area (Å²) in [5, 5.41) is 0. The molecule has 0 aliphatic heterocycles. The van der Waals surface area contributed by atoms with E-state index < -0.39 is 23.6 Å². The van der Waals surface area contributed by atoms with Crippen LogP contribution in [0, 0.1) is 5.82 Å². The first-order valence-corrected chi connectivity index (χ1v) is 4.48. The molecule has 0 spiro atoms. The second-order valence-corrected chi connectivity index (χ2v) is 3.24. The summed E-state index contributed by atoms with van der Waals surface area (Å²) in [4.78, 5) is 0. The fourth-order valence-corrected chi connectivity index (χ4v) is 1.32. The molecule has 0 radical (unpaired) electrons. The standard InChI is InChI=1S/C10H11F4N/c1-2-9(15)7-5-6(11)3-4-8(7)10(12,13)14/h3-5,9H,2,15H2,1H3/t9-/m0/s1. The van der Waals surface area contributed by atoms with E-state index in [1.54, 1.807) is 6.92 Å². The molecule has 1 rings (SSSR count). The first-order valence-electron chi connectivity index (χ1n) is 4.48. The Morgan fingerprint density at radius 2 is 1.93 bits per heavy atom. The minimum Gasteiger partial charge on any atom is -0.324 e. The average molecular weight is 221 g/mol. The smallest absolute Gasteiger partial charge is 0.324 e. The van der Waals surface area contributed by atoms with Crippen molar-refractivity contribution in [2.45, 2.75) is 25.6 Å². The minimum absolute atomic E-state index is 0.190. The highest BCUT2D eigenvalue weighted by Gasteiger charge is 2.34. The van der Waals surface area contributed by atoms with Crippen LogP contribution in [0.5, 0.6) is 0 Å². The van der Waals surface area contributed by atoms with Crippen LogP contribution < -0.4 is 5.73 Å². The van der Waals surface area contributed by atoms with Gasteiger partial charge in [-0.25, -0.2) is 4.39 Å². The lowest BCUT2D eigenvalue weighted by Crippen LogP contribution is -2.17. The minimum atomic E-state index is -4.49. The Morgan fingerprint density at radius 1 is 1.33 bits per heavy atom. The van der Waals surface area contributed by atoms with Crippen molar-refractivity contribution in [2.75, 3.05) is 0 Å². The topological polar surface area (TPSA) is 26.0 Å². The number of halogens is 4. The van der Waals surface area contributed by atoms with Crippen LogP contribution in [0.1, 0.15) is 30.5 Å². The van der Waals surface area contributed by atoms with E-state index in [9.17, 15) is 17.6 Å². The summed E-state index contributed by atoms with van der Waals surface area (Å²) in [5.74, 6) is -0.707. The largest absolute Gasteiger partial charge is 0.416 e. The molecule has 0 aliphatic rings. The van der Waals surface area contributed by atoms with Gasteiger partial charge in [-0.2, -0.15) is 13.2 Å². The summed E-state index contributed by atoms with van der Waals surface area (Å²) in [5.41, 5.74) is 4.44. The third-order valence-corrected chi connectivity index (χ3v) is 2.16. The second kappa shape index (κ2) is 4.18. The summed E-state index contributed by atoms with van der Waals surface area (Å²) in [7, 11) is 0. The van der Waals surface area contributed by atoms with Crippen molar-refractivity contribution in [2.24, 2.45) is 5.73 Å². The van der Waals surface area contributed by atoms with Crippen LogP contribution in [0.4, 0.5) is 17.6 Å². The zero-order chi connectivity index (χ0) is 11.6. The summed E-state index contributed by atoms with van der Waals surface area (Å²) in [6.45, 7) is 1.65. The predicted molar refractivity (Wildman–Crippen MR) is 48.6 cm³/mol. The van der Waals surface area contributed by atoms with Gasteiger partial charge in [-0.1, -0.05) is 6.92 Å². The number of hydrogen-bond donors (Lipinski definition) is 1. The second-order valence-electron chi connectivity index (χ2n) is 3.24. The maximum Gasteiger partial charge on any atom is 0.416 e. The molecule has 84 valence electrons. The number of hydrogen-bond acceptors (Lipinski definition) is 1. The van der Waals surface area contributed by atoms with Crippen molar-refractivity contribution in [1.82, 2.24) is 0 Å². The Morgan fingerprint density at radius 3 is 2.40 bits per heavy atom. The van der Waals surface area contributed by atoms with E-state index in [1.807, 2.05) is 0 Å². The van der Waals surface area contributed by atoms with E-state index >= 15 is 0 Å². The van der Waals surface area contributed by atoms with Crippen molar-refractivity contribution in [3.63, 3.8) is 0 Å². The zero-order valence-corrected chi connectivity index (χ0v) is 8.11. The van der Waals surface area contributed by atoms with Gasteiger partial charge in [-0.15, -0.1) is 0 Å². The molecule has 1 nitrogen and oxygen atoms in total. The summed E-state index contributed by atoms with van der Waals surface area (Å²) >= 11 is 0. The Kier molecular flexibility index (Phi) is 3.34. The van der Waals surface area contributed by atoms with Crippen LogP contribution in [-0.4, -0.2) is 0 Å². The van der Waals surface area contributed by atoms with Crippen LogP contribution in [-0.2, 0) is 6.18 Å². The van der Waals surface area contributed by atoms with Gasteiger partial charge in [0.2, 0.25) is 0 Å². The molecule has 0 bridgehead atoms. The van der Waals surface area contributed by atoms with Crippen molar-refractivity contribution in [3.05, 3.63) is 35.1 Å². The molecule has 0 heterocycles. The molecule has 5 heteroatoms. The van der Waals surface area contributed by atoms with Gasteiger partial charge in [-0.05, 0) is 30.2 Å². The Labute approximate surface area is 84.9 Å². The van der Waals surface area contributed by atoms with Crippen molar-refractivity contribution in [3.8, 4) is 0 Å². The first-order chi connectivity index (χ1) is 6.86. The van der Waals surface area contributed by atoms with E-state index in [4.69, 9.17) is 5.73 Å². The lowest BCUT2D eigenvalue weighted by Gasteiger charge is -2.17. The molecule has 1 aromatic carbocycles. The maximum atomic E-state index is 12.8. The van der Waals surface area contributed by atoms with E-state index in [-0.39, 0.29) is 5.56 Å². The molecule has 0 fully saturated rings. The van der Waals surface area contributed by atoms with Gasteiger partial charge in [-0.3, -0.25) is 0 Å². The van der Waals surface area contributed by atoms with Crippen LogP contribution in [0.2, 0.25) is 0 Å². The Balaban J connectivity index is 3.27. The molecule has 1 atom stereocenters. The first kappa shape index (κ1) is 12.0. The lowest BCUT2D eigenvalue weighted by molar-refractivity contribution is -0.138. The number of rotatable bonds is 2. The highest BCUT2D eigenvalue weighted by molar-refractivity contribution is 5.32. The van der Waals surface area contributed by atoms with Gasteiger partial charge < -0.3 is 5.73 Å². The number of alkyl halides is 3. The predicted octanol–water partition coefficient (Wildman–Crippen LogP) is 3.25. The van der Waals surface area contributed by atoms with Crippen molar-refractivity contribution < 1.29 is 17.6 Å². The van der Waals surface area contributed by atoms with Crippen molar-refractivity contribution in [1.29, 1.82) is 0 Å². The van der Waals surface area contributed by atoms with Gasteiger partial charge in [0, 0.05) is 6.04 Å². The van der Waals surface area contributed by atoms with Crippen LogP contribution in [0.15, 0.2) is 18.2 Å². The fourth-order valence-electron chi connectivity index (χ4n) is 1.32. The average Bonchev–Trinajstić information content (AvgIpc) is 2.14. The van der Waals surface area contributed by atoms with Gasteiger partial charge in [0.15, 0.2) is 0 Å². The monoisotopic (exact) mass is 221 g/mol. The Hall–Kier alpha value is -1.10. The molecule has 2 N–H and O–H groups in total. The van der Waals surface area contributed by atoms with Gasteiger partial charge in [0.25, 0.3) is 0 Å². The molecular formula is C10H11F4N. The zero-order valence-electron chi connectivity index (χ0n) is 8.11. The van der Waals surface area contributed by atoms with Gasteiger partial charge >= 0.3 is 6.18 Å². The molecule has 1 aromatic rings. The van der Waals surface area contributed by atoms with E-state index in [1.165, 1.54) is 0 Å². The summed E-state index contributed by atoms with van der Waals surface area (Å²) in [6, 6.07) is 1.56. The van der Waals surface area contributed by atoms with Crippen LogP contribution >= 0.6 is 0 Å². The van der Waals surface area contributed by atoms with Crippen molar-refractivity contribution >= 4 is 0 Å². The van der Waals surface area contributed by atoms with E-state index in [0.29, 0.717) is 6.42 Å². The fraction of sp³-hybridized carbons (Fsp3) is 0.400. The quantitative estimate of drug-likeness (QED) is 0.762. The maximum absolute atomic E-state index is 12.8. The molecule has 0 aliphatic carbocycles. The highest BCUT2D eigenvalue weighted by Crippen LogP contribution is 2.35. The highest BCUT2D eigenvalue weighted by atomic mass is 19.4. The molecule has 15 heavy (non-hydrogen) atoms. The Bertz CT molecular complexity index is 346. The van der Waals surface area contributed by atoms with Crippen LogP contribution in [0.25, 0.3) is 0 Å².